The van der Waals surface area contributed by atoms with Crippen LogP contribution in [-0.4, -0.2) is 37.2 Å². The number of carbonyl (C=O) groups excluding carboxylic acids is 3. The summed E-state index contributed by atoms with van der Waals surface area (Å²) in [6.07, 6.45) is 100.0. The number of hydrogen-bond acceptors (Lipinski definition) is 6. The molecule has 470 valence electrons. The molecule has 0 saturated heterocycles. The van der Waals surface area contributed by atoms with Gasteiger partial charge >= 0.3 is 17.9 Å². The van der Waals surface area contributed by atoms with E-state index in [-0.39, 0.29) is 31.1 Å². The van der Waals surface area contributed by atoms with Gasteiger partial charge in [0.15, 0.2) is 6.10 Å². The molecule has 0 aromatic heterocycles. The Morgan fingerprint density at radius 2 is 0.470 bits per heavy atom. The van der Waals surface area contributed by atoms with Crippen LogP contribution >= 0.6 is 0 Å². The highest BCUT2D eigenvalue weighted by molar-refractivity contribution is 5.71. The molecule has 0 radical (unpaired) electrons. The number of unbranched alkanes of at least 4 members (excludes halogenated alkanes) is 26. The molecule has 0 saturated carbocycles. The predicted molar refractivity (Wildman–Crippen MR) is 362 cm³/mol. The van der Waals surface area contributed by atoms with Crippen LogP contribution in [0.15, 0.2) is 146 Å². The molecule has 0 spiro atoms. The van der Waals surface area contributed by atoms with Gasteiger partial charge in [0, 0.05) is 19.3 Å². The van der Waals surface area contributed by atoms with Gasteiger partial charge in [-0.2, -0.15) is 0 Å². The molecular formula is C77H126O6. The molecule has 0 fully saturated rings. The first-order valence-corrected chi connectivity index (χ1v) is 34.3. The van der Waals surface area contributed by atoms with E-state index < -0.39 is 6.10 Å². The minimum absolute atomic E-state index is 0.0925. The van der Waals surface area contributed by atoms with Gasteiger partial charge in [-0.15, -0.1) is 0 Å². The zero-order valence-electron chi connectivity index (χ0n) is 53.9. The highest BCUT2D eigenvalue weighted by Crippen LogP contribution is 2.15. The van der Waals surface area contributed by atoms with E-state index >= 15 is 0 Å². The van der Waals surface area contributed by atoms with Crippen LogP contribution in [0.3, 0.4) is 0 Å². The first-order valence-electron chi connectivity index (χ1n) is 34.3. The first-order chi connectivity index (χ1) is 41.0. The Kier molecular flexibility index (Phi) is 65.8. The fourth-order valence-corrected chi connectivity index (χ4v) is 9.23. The van der Waals surface area contributed by atoms with Crippen molar-refractivity contribution in [2.45, 2.75) is 309 Å². The van der Waals surface area contributed by atoms with Crippen molar-refractivity contribution in [1.29, 1.82) is 0 Å². The molecule has 0 N–H and O–H groups in total. The number of rotatable bonds is 61. The van der Waals surface area contributed by atoms with Crippen molar-refractivity contribution in [3.63, 3.8) is 0 Å². The molecular weight excluding hydrogens is 1020 g/mol. The summed E-state index contributed by atoms with van der Waals surface area (Å²) in [4.78, 5) is 38.4. The Labute approximate surface area is 512 Å². The van der Waals surface area contributed by atoms with Crippen molar-refractivity contribution in [3.05, 3.63) is 146 Å². The lowest BCUT2D eigenvalue weighted by molar-refractivity contribution is -0.167. The second-order valence-corrected chi connectivity index (χ2v) is 22.3. The van der Waals surface area contributed by atoms with E-state index in [0.29, 0.717) is 19.3 Å². The normalized spacial score (nSPS) is 13.0. The Hall–Kier alpha value is -4.71. The monoisotopic (exact) mass is 1150 g/mol. The number of hydrogen-bond donors (Lipinski definition) is 0. The quantitative estimate of drug-likeness (QED) is 0.0261. The second kappa shape index (κ2) is 69.8. The zero-order chi connectivity index (χ0) is 59.9. The van der Waals surface area contributed by atoms with E-state index in [0.717, 1.165) is 148 Å². The maximum Gasteiger partial charge on any atom is 0.306 e. The molecule has 0 bridgehead atoms. The summed E-state index contributed by atoms with van der Waals surface area (Å²) in [6, 6.07) is 0. The molecule has 1 unspecified atom stereocenters. The third-order valence-electron chi connectivity index (χ3n) is 14.3. The van der Waals surface area contributed by atoms with Gasteiger partial charge < -0.3 is 14.2 Å². The van der Waals surface area contributed by atoms with E-state index in [2.05, 4.69) is 167 Å². The molecule has 0 aliphatic rings. The number of carbonyl (C=O) groups is 3. The van der Waals surface area contributed by atoms with Crippen molar-refractivity contribution in [2.24, 2.45) is 0 Å². The van der Waals surface area contributed by atoms with E-state index in [9.17, 15) is 14.4 Å². The van der Waals surface area contributed by atoms with Crippen LogP contribution in [0.1, 0.15) is 303 Å². The Morgan fingerprint density at radius 3 is 0.747 bits per heavy atom. The lowest BCUT2D eigenvalue weighted by Gasteiger charge is -2.18. The molecule has 0 aromatic carbocycles. The van der Waals surface area contributed by atoms with Crippen molar-refractivity contribution >= 4 is 17.9 Å². The maximum atomic E-state index is 12.9. The summed E-state index contributed by atoms with van der Waals surface area (Å²) in [5, 5.41) is 0. The molecule has 83 heavy (non-hydrogen) atoms. The van der Waals surface area contributed by atoms with E-state index in [1.807, 2.05) is 0 Å². The van der Waals surface area contributed by atoms with E-state index in [4.69, 9.17) is 14.2 Å². The molecule has 0 aliphatic carbocycles. The van der Waals surface area contributed by atoms with Gasteiger partial charge in [-0.1, -0.05) is 289 Å². The highest BCUT2D eigenvalue weighted by Gasteiger charge is 2.19. The number of ether oxygens (including phenoxy) is 3. The van der Waals surface area contributed by atoms with Crippen LogP contribution in [-0.2, 0) is 28.6 Å². The zero-order valence-corrected chi connectivity index (χ0v) is 53.9. The van der Waals surface area contributed by atoms with Crippen LogP contribution in [0.25, 0.3) is 0 Å². The number of allylic oxidation sites excluding steroid dienone is 24. The van der Waals surface area contributed by atoms with Gasteiger partial charge in [-0.05, 0) is 141 Å². The third kappa shape index (κ3) is 68.0. The summed E-state index contributed by atoms with van der Waals surface area (Å²) in [5.74, 6) is -0.917. The molecule has 0 aromatic rings. The van der Waals surface area contributed by atoms with Crippen LogP contribution < -0.4 is 0 Å². The van der Waals surface area contributed by atoms with Gasteiger partial charge in [-0.25, -0.2) is 0 Å². The van der Waals surface area contributed by atoms with Crippen LogP contribution in [0.5, 0.6) is 0 Å². The van der Waals surface area contributed by atoms with Gasteiger partial charge in [0.1, 0.15) is 13.2 Å². The van der Waals surface area contributed by atoms with Crippen molar-refractivity contribution in [1.82, 2.24) is 0 Å². The van der Waals surface area contributed by atoms with Crippen molar-refractivity contribution in [2.75, 3.05) is 13.2 Å². The summed E-state index contributed by atoms with van der Waals surface area (Å²) in [7, 11) is 0. The second-order valence-electron chi connectivity index (χ2n) is 22.3. The SMILES string of the molecule is CC/C=C\C/C=C\C/C=C\C/C=C\C/C=C\C/C=C\C/C=C\C/C=C\CCCCCCCCC(=O)OCC(COC(=O)CCCCCCCCC/C=C\CCCCCCCC)OC(=O)CCCCCCCCC/C=C\C/C=C\C/C=C\CC. The molecule has 6 nitrogen and oxygen atoms in total. The summed E-state index contributed by atoms with van der Waals surface area (Å²) in [6.45, 7) is 6.40. The van der Waals surface area contributed by atoms with Crippen LogP contribution in [0.2, 0.25) is 0 Å². The summed E-state index contributed by atoms with van der Waals surface area (Å²) >= 11 is 0. The molecule has 0 aliphatic heterocycles. The molecule has 1 atom stereocenters. The fraction of sp³-hybridized carbons (Fsp3) is 0.649. The molecule has 0 rings (SSSR count). The molecule has 0 amide bonds. The first kappa shape index (κ1) is 78.3. The maximum absolute atomic E-state index is 12.9. The van der Waals surface area contributed by atoms with Crippen LogP contribution in [0.4, 0.5) is 0 Å². The minimum atomic E-state index is -0.799. The summed E-state index contributed by atoms with van der Waals surface area (Å²) < 4.78 is 16.9. The van der Waals surface area contributed by atoms with Gasteiger partial charge in [-0.3, -0.25) is 14.4 Å². The summed E-state index contributed by atoms with van der Waals surface area (Å²) in [5.41, 5.74) is 0. The van der Waals surface area contributed by atoms with Crippen LogP contribution in [0, 0.1) is 0 Å². The third-order valence-corrected chi connectivity index (χ3v) is 14.3. The predicted octanol–water partition coefficient (Wildman–Crippen LogP) is 23.9. The lowest BCUT2D eigenvalue weighted by atomic mass is 10.1. The van der Waals surface area contributed by atoms with Gasteiger partial charge in [0.05, 0.1) is 0 Å². The van der Waals surface area contributed by atoms with E-state index in [1.54, 1.807) is 0 Å². The van der Waals surface area contributed by atoms with Gasteiger partial charge in [0.25, 0.3) is 0 Å². The fourth-order valence-electron chi connectivity index (χ4n) is 9.23. The Bertz CT molecular complexity index is 1800. The number of esters is 3. The smallest absolute Gasteiger partial charge is 0.306 e. The lowest BCUT2D eigenvalue weighted by Crippen LogP contribution is -2.30. The Morgan fingerprint density at radius 1 is 0.253 bits per heavy atom. The Balaban J connectivity index is 4.39. The minimum Gasteiger partial charge on any atom is -0.462 e. The topological polar surface area (TPSA) is 78.9 Å². The average Bonchev–Trinajstić information content (AvgIpc) is 3.49. The van der Waals surface area contributed by atoms with E-state index in [1.165, 1.54) is 116 Å². The molecule has 6 heteroatoms. The van der Waals surface area contributed by atoms with Crippen molar-refractivity contribution < 1.29 is 28.6 Å². The highest BCUT2D eigenvalue weighted by atomic mass is 16.6. The largest absolute Gasteiger partial charge is 0.462 e. The van der Waals surface area contributed by atoms with Crippen molar-refractivity contribution in [3.8, 4) is 0 Å². The van der Waals surface area contributed by atoms with Gasteiger partial charge in [0.2, 0.25) is 0 Å². The average molecular weight is 1150 g/mol. The standard InChI is InChI=1S/C77H126O6/c1-4-7-10-13-16-19-22-25-28-31-32-33-34-35-36-37-38-39-40-41-42-43-44-47-49-52-55-58-61-64-67-70-76(79)82-73-74(83-77(80)71-68-65-62-59-56-53-50-46-30-27-24-21-18-15-12-9-6-3)72-81-75(78)69-66-63-60-57-54-51-48-45-29-26-23-20-17-14-11-8-5-2/h7,9-10,12,16,18-19,21,25-30,32-33,35-36,38-39,41-42,44,47,74H,4-6,8,11,13-15,17,20,22-24,31,34,37,40,43,45-46,48-73H2,1-3H3/b10-7-,12-9-,19-16-,21-18-,28-25-,29-26-,30-27-,33-32-,36-35-,39-38-,42-41-,47-44-. The molecule has 0 heterocycles.